The van der Waals surface area contributed by atoms with Gasteiger partial charge in [0, 0.05) is 26.2 Å². The number of hydrogen-bond acceptors (Lipinski definition) is 7. The second kappa shape index (κ2) is 5.90. The number of piperazine rings is 1. The van der Waals surface area contributed by atoms with Crippen LogP contribution >= 0.6 is 0 Å². The Morgan fingerprint density at radius 2 is 1.30 bits per heavy atom. The van der Waals surface area contributed by atoms with E-state index in [1.807, 2.05) is 36.6 Å². The Kier molecular flexibility index (Phi) is 3.49. The van der Waals surface area contributed by atoms with Crippen molar-refractivity contribution in [2.45, 2.75) is 20.8 Å². The van der Waals surface area contributed by atoms with Crippen LogP contribution in [0.15, 0.2) is 24.3 Å². The fourth-order valence-electron chi connectivity index (χ4n) is 3.53. The molecule has 5 rings (SSSR count). The van der Waals surface area contributed by atoms with Gasteiger partial charge in [-0.15, -0.1) is 20.4 Å². The summed E-state index contributed by atoms with van der Waals surface area (Å²) < 4.78 is 3.72. The van der Waals surface area contributed by atoms with Gasteiger partial charge in [0.2, 0.25) is 0 Å². The molecular weight excluding hydrogens is 342 g/mol. The molecular formula is C18H21N9. The topological polar surface area (TPSA) is 79.8 Å². The molecule has 4 aromatic rings. The third-order valence-electron chi connectivity index (χ3n) is 5.26. The Bertz CT molecular complexity index is 1130. The van der Waals surface area contributed by atoms with E-state index in [9.17, 15) is 0 Å². The number of fused-ring (bicyclic) bond motifs is 2. The molecule has 0 spiro atoms. The van der Waals surface area contributed by atoms with Crippen molar-refractivity contribution in [2.24, 2.45) is 0 Å². The van der Waals surface area contributed by atoms with Gasteiger partial charge >= 0.3 is 0 Å². The van der Waals surface area contributed by atoms with Crippen molar-refractivity contribution < 1.29 is 0 Å². The summed E-state index contributed by atoms with van der Waals surface area (Å²) in [6, 6.07) is 8.08. The van der Waals surface area contributed by atoms with Crippen LogP contribution < -0.4 is 9.80 Å². The summed E-state index contributed by atoms with van der Waals surface area (Å²) in [4.78, 5) is 9.14. The van der Waals surface area contributed by atoms with Crippen LogP contribution in [0.5, 0.6) is 0 Å². The summed E-state index contributed by atoms with van der Waals surface area (Å²) in [6.07, 6.45) is 0. The van der Waals surface area contributed by atoms with E-state index in [0.29, 0.717) is 0 Å². The second-order valence-corrected chi connectivity index (χ2v) is 6.93. The van der Waals surface area contributed by atoms with Gasteiger partial charge < -0.3 is 9.80 Å². The number of imidazole rings is 1. The van der Waals surface area contributed by atoms with Crippen LogP contribution in [0, 0.1) is 20.8 Å². The fourth-order valence-corrected chi connectivity index (χ4v) is 3.53. The van der Waals surface area contributed by atoms with E-state index in [1.165, 1.54) is 0 Å². The SMILES string of the molecule is Cc1nc2ccc(N3CCN(c4ccc5nnc(C)n5n4)CC3)nn2c1C. The van der Waals surface area contributed by atoms with Crippen molar-refractivity contribution in [1.29, 1.82) is 0 Å². The maximum atomic E-state index is 4.79. The molecule has 0 unspecified atom stereocenters. The maximum absolute atomic E-state index is 4.79. The van der Waals surface area contributed by atoms with Crippen LogP contribution in [0.3, 0.4) is 0 Å². The molecule has 9 heteroatoms. The number of anilines is 2. The van der Waals surface area contributed by atoms with Crippen LogP contribution in [0.4, 0.5) is 11.6 Å². The highest BCUT2D eigenvalue weighted by molar-refractivity contribution is 5.51. The number of hydrogen-bond donors (Lipinski definition) is 0. The van der Waals surface area contributed by atoms with Gasteiger partial charge in [0.15, 0.2) is 17.1 Å². The highest BCUT2D eigenvalue weighted by atomic mass is 15.4. The summed E-state index contributed by atoms with van der Waals surface area (Å²) in [6.45, 7) is 9.56. The number of rotatable bonds is 2. The third-order valence-corrected chi connectivity index (χ3v) is 5.26. The summed E-state index contributed by atoms with van der Waals surface area (Å²) in [5.74, 6) is 2.74. The van der Waals surface area contributed by atoms with Gasteiger partial charge in [-0.05, 0) is 45.0 Å². The predicted octanol–water partition coefficient (Wildman–Crippen LogP) is 1.42. The molecule has 1 aliphatic rings. The number of aromatic nitrogens is 7. The summed E-state index contributed by atoms with van der Waals surface area (Å²) in [5, 5.41) is 17.6. The van der Waals surface area contributed by atoms with E-state index < -0.39 is 0 Å². The van der Waals surface area contributed by atoms with E-state index in [1.54, 1.807) is 4.52 Å². The predicted molar refractivity (Wildman–Crippen MR) is 102 cm³/mol. The molecule has 4 aromatic heterocycles. The van der Waals surface area contributed by atoms with Gasteiger partial charge in [0.05, 0.1) is 11.4 Å². The Morgan fingerprint density at radius 3 is 1.96 bits per heavy atom. The van der Waals surface area contributed by atoms with Crippen molar-refractivity contribution >= 4 is 22.9 Å². The van der Waals surface area contributed by atoms with Crippen molar-refractivity contribution in [1.82, 2.24) is 34.4 Å². The molecule has 0 amide bonds. The molecule has 5 heterocycles. The minimum absolute atomic E-state index is 0.776. The maximum Gasteiger partial charge on any atom is 0.178 e. The first kappa shape index (κ1) is 16.0. The molecule has 1 saturated heterocycles. The molecule has 138 valence electrons. The van der Waals surface area contributed by atoms with Gasteiger partial charge in [-0.1, -0.05) is 0 Å². The average Bonchev–Trinajstić information content (AvgIpc) is 3.21. The van der Waals surface area contributed by atoms with Crippen LogP contribution in [0.1, 0.15) is 17.2 Å². The molecule has 0 saturated carbocycles. The molecule has 27 heavy (non-hydrogen) atoms. The lowest BCUT2D eigenvalue weighted by Gasteiger charge is -2.35. The van der Waals surface area contributed by atoms with E-state index in [-0.39, 0.29) is 0 Å². The van der Waals surface area contributed by atoms with E-state index >= 15 is 0 Å². The van der Waals surface area contributed by atoms with Gasteiger partial charge in [0.25, 0.3) is 0 Å². The lowest BCUT2D eigenvalue weighted by atomic mass is 10.3. The molecule has 9 nitrogen and oxygen atoms in total. The highest BCUT2D eigenvalue weighted by Crippen LogP contribution is 2.19. The van der Waals surface area contributed by atoms with E-state index in [2.05, 4.69) is 43.1 Å². The first-order valence-corrected chi connectivity index (χ1v) is 9.12. The largest absolute Gasteiger partial charge is 0.352 e. The molecule has 0 aromatic carbocycles. The molecule has 0 radical (unpaired) electrons. The van der Waals surface area contributed by atoms with Gasteiger partial charge in [-0.2, -0.15) is 4.52 Å². The monoisotopic (exact) mass is 363 g/mol. The van der Waals surface area contributed by atoms with Crippen molar-refractivity contribution in [3.8, 4) is 0 Å². The average molecular weight is 363 g/mol. The van der Waals surface area contributed by atoms with Crippen molar-refractivity contribution in [3.05, 3.63) is 41.5 Å². The van der Waals surface area contributed by atoms with Crippen LogP contribution in [-0.2, 0) is 0 Å². The Labute approximate surface area is 156 Å². The quantitative estimate of drug-likeness (QED) is 0.533. The second-order valence-electron chi connectivity index (χ2n) is 6.93. The normalized spacial score (nSPS) is 15.2. The summed E-state index contributed by atoms with van der Waals surface area (Å²) >= 11 is 0. The molecule has 1 fully saturated rings. The minimum atomic E-state index is 0.776. The van der Waals surface area contributed by atoms with Gasteiger partial charge in [0.1, 0.15) is 11.6 Å². The Hall–Kier alpha value is -3.23. The summed E-state index contributed by atoms with van der Waals surface area (Å²) in [7, 11) is 0. The lowest BCUT2D eigenvalue weighted by Crippen LogP contribution is -2.47. The van der Waals surface area contributed by atoms with Crippen LogP contribution in [0.2, 0.25) is 0 Å². The number of aryl methyl sites for hydroxylation is 3. The standard InChI is InChI=1S/C18H21N9/c1-12-13(2)26-15(19-12)4-6-17(22-26)24-8-10-25(11-9-24)18-7-5-16-21-20-14(3)27(16)23-18/h4-7H,8-11H2,1-3H3. The van der Waals surface area contributed by atoms with Crippen LogP contribution in [-0.4, -0.2) is 60.6 Å². The third kappa shape index (κ3) is 2.57. The highest BCUT2D eigenvalue weighted by Gasteiger charge is 2.20. The zero-order chi connectivity index (χ0) is 18.5. The Morgan fingerprint density at radius 1 is 0.704 bits per heavy atom. The van der Waals surface area contributed by atoms with E-state index in [4.69, 9.17) is 5.10 Å². The smallest absolute Gasteiger partial charge is 0.178 e. The molecule has 0 aliphatic carbocycles. The summed E-state index contributed by atoms with van der Waals surface area (Å²) in [5.41, 5.74) is 3.79. The molecule has 0 bridgehead atoms. The first-order chi connectivity index (χ1) is 13.1. The van der Waals surface area contributed by atoms with Gasteiger partial charge in [-0.25, -0.2) is 9.50 Å². The fraction of sp³-hybridized carbons (Fsp3) is 0.389. The van der Waals surface area contributed by atoms with Gasteiger partial charge in [-0.3, -0.25) is 0 Å². The zero-order valence-electron chi connectivity index (χ0n) is 15.7. The van der Waals surface area contributed by atoms with Crippen LogP contribution in [0.25, 0.3) is 11.3 Å². The minimum Gasteiger partial charge on any atom is -0.352 e. The Balaban J connectivity index is 1.36. The molecule has 0 atom stereocenters. The zero-order valence-corrected chi connectivity index (χ0v) is 15.7. The molecule has 0 N–H and O–H groups in total. The van der Waals surface area contributed by atoms with Crippen molar-refractivity contribution in [3.63, 3.8) is 0 Å². The van der Waals surface area contributed by atoms with E-state index in [0.717, 1.165) is 66.3 Å². The number of nitrogens with zero attached hydrogens (tertiary/aromatic N) is 9. The van der Waals surface area contributed by atoms with Crippen molar-refractivity contribution in [2.75, 3.05) is 36.0 Å². The molecule has 1 aliphatic heterocycles. The lowest BCUT2D eigenvalue weighted by molar-refractivity contribution is 0.630. The first-order valence-electron chi connectivity index (χ1n) is 9.12.